The standard InChI is InChI=1S/C33H37N5O4/c1-25(39)32-34-38(29-8-4-2-5-9-29)33(37(32)28-14-12-27(13-15-28)35-20-22-41-23-21-35)26-10-16-30(17-11-26)42-24-31(40)36-18-6-3-7-19-36/h2,4-5,8-17,33H,3,6-7,18-24H2,1H3/t33-/m1/s1. The summed E-state index contributed by atoms with van der Waals surface area (Å²) in [6, 6.07) is 25.9. The SMILES string of the molecule is CC(=O)C1=NN(c2ccccc2)[C@H](c2ccc(OCC(=O)N3CCCCC3)cc2)N1c1ccc(N2CCOCC2)cc1. The van der Waals surface area contributed by atoms with E-state index in [0.717, 1.165) is 74.9 Å². The van der Waals surface area contributed by atoms with Crippen molar-refractivity contribution in [2.45, 2.75) is 32.4 Å². The Hall–Kier alpha value is -4.37. The highest BCUT2D eigenvalue weighted by Crippen LogP contribution is 2.40. The Morgan fingerprint density at radius 3 is 2.14 bits per heavy atom. The van der Waals surface area contributed by atoms with Crippen molar-refractivity contribution in [1.82, 2.24) is 4.90 Å². The van der Waals surface area contributed by atoms with Crippen molar-refractivity contribution >= 4 is 34.6 Å². The number of para-hydroxylation sites is 1. The van der Waals surface area contributed by atoms with Gasteiger partial charge in [-0.1, -0.05) is 30.3 Å². The topological polar surface area (TPSA) is 77.9 Å². The minimum Gasteiger partial charge on any atom is -0.484 e. The summed E-state index contributed by atoms with van der Waals surface area (Å²) in [5.41, 5.74) is 3.81. The van der Waals surface area contributed by atoms with Crippen LogP contribution in [0.4, 0.5) is 17.1 Å². The van der Waals surface area contributed by atoms with Crippen LogP contribution in [0.3, 0.4) is 0 Å². The number of carbonyl (C=O) groups is 2. The van der Waals surface area contributed by atoms with E-state index in [1.54, 1.807) is 6.92 Å². The van der Waals surface area contributed by atoms with E-state index in [0.29, 0.717) is 11.6 Å². The molecule has 2 saturated heterocycles. The van der Waals surface area contributed by atoms with E-state index in [4.69, 9.17) is 14.6 Å². The van der Waals surface area contributed by atoms with Gasteiger partial charge < -0.3 is 19.3 Å². The first-order chi connectivity index (χ1) is 20.6. The Balaban J connectivity index is 1.28. The van der Waals surface area contributed by atoms with Crippen LogP contribution >= 0.6 is 0 Å². The maximum Gasteiger partial charge on any atom is 0.260 e. The molecule has 0 radical (unpaired) electrons. The predicted octanol–water partition coefficient (Wildman–Crippen LogP) is 4.84. The fourth-order valence-corrected chi connectivity index (χ4v) is 5.77. The van der Waals surface area contributed by atoms with E-state index < -0.39 is 6.17 Å². The molecule has 218 valence electrons. The van der Waals surface area contributed by atoms with E-state index in [1.165, 1.54) is 6.42 Å². The third kappa shape index (κ3) is 5.97. The van der Waals surface area contributed by atoms with Crippen molar-refractivity contribution in [3.8, 4) is 5.75 Å². The lowest BCUT2D eigenvalue weighted by Gasteiger charge is -2.33. The zero-order valence-electron chi connectivity index (χ0n) is 24.0. The average molecular weight is 568 g/mol. The van der Waals surface area contributed by atoms with Crippen molar-refractivity contribution in [2.24, 2.45) is 5.10 Å². The molecule has 0 saturated carbocycles. The number of benzene rings is 3. The Kier molecular flexibility index (Phi) is 8.37. The largest absolute Gasteiger partial charge is 0.484 e. The van der Waals surface area contributed by atoms with Gasteiger partial charge in [0, 0.05) is 44.5 Å². The molecular formula is C33H37N5O4. The van der Waals surface area contributed by atoms with Gasteiger partial charge in [-0.3, -0.25) is 14.5 Å². The predicted molar refractivity (Wildman–Crippen MR) is 164 cm³/mol. The highest BCUT2D eigenvalue weighted by Gasteiger charge is 2.39. The number of hydrogen-bond acceptors (Lipinski definition) is 8. The van der Waals surface area contributed by atoms with Crippen LogP contribution < -0.4 is 19.5 Å². The molecule has 0 bridgehead atoms. The maximum atomic E-state index is 13.0. The van der Waals surface area contributed by atoms with Gasteiger partial charge in [0.15, 0.2) is 24.4 Å². The summed E-state index contributed by atoms with van der Waals surface area (Å²) in [4.78, 5) is 31.7. The second-order valence-electron chi connectivity index (χ2n) is 10.8. The number of carbonyl (C=O) groups excluding carboxylic acids is 2. The lowest BCUT2D eigenvalue weighted by Crippen LogP contribution is -2.38. The fourth-order valence-electron chi connectivity index (χ4n) is 5.77. The van der Waals surface area contributed by atoms with Crippen LogP contribution in [0.15, 0.2) is 84.0 Å². The van der Waals surface area contributed by atoms with Crippen molar-refractivity contribution in [1.29, 1.82) is 0 Å². The molecule has 0 N–H and O–H groups in total. The molecule has 3 aliphatic rings. The number of piperidine rings is 1. The minimum absolute atomic E-state index is 0.0241. The molecule has 0 aromatic heterocycles. The smallest absolute Gasteiger partial charge is 0.260 e. The molecule has 0 spiro atoms. The normalized spacial score (nSPS) is 19.1. The number of anilines is 3. The van der Waals surface area contributed by atoms with Crippen LogP contribution in [-0.2, 0) is 14.3 Å². The van der Waals surface area contributed by atoms with Gasteiger partial charge >= 0.3 is 0 Å². The number of amides is 1. The first kappa shape index (κ1) is 27.8. The number of hydrogen-bond donors (Lipinski definition) is 0. The molecule has 6 rings (SSSR count). The quantitative estimate of drug-likeness (QED) is 0.385. The van der Waals surface area contributed by atoms with Gasteiger partial charge in [-0.2, -0.15) is 0 Å². The molecule has 0 unspecified atom stereocenters. The lowest BCUT2D eigenvalue weighted by atomic mass is 10.1. The molecule has 1 atom stereocenters. The van der Waals surface area contributed by atoms with E-state index in [1.807, 2.05) is 69.4 Å². The second-order valence-corrected chi connectivity index (χ2v) is 10.8. The summed E-state index contributed by atoms with van der Waals surface area (Å²) in [5.74, 6) is 0.904. The van der Waals surface area contributed by atoms with Crippen LogP contribution in [-0.4, -0.2) is 68.4 Å². The zero-order valence-corrected chi connectivity index (χ0v) is 24.0. The molecule has 0 aliphatic carbocycles. The van der Waals surface area contributed by atoms with Crippen molar-refractivity contribution in [3.05, 3.63) is 84.4 Å². The van der Waals surface area contributed by atoms with Crippen LogP contribution in [0.1, 0.15) is 37.9 Å². The number of hydrazone groups is 1. The van der Waals surface area contributed by atoms with Gasteiger partial charge in [-0.15, -0.1) is 5.10 Å². The maximum absolute atomic E-state index is 13.0. The molecule has 1 amide bonds. The zero-order chi connectivity index (χ0) is 28.9. The van der Waals surface area contributed by atoms with Crippen LogP contribution in [0, 0.1) is 0 Å². The molecule has 42 heavy (non-hydrogen) atoms. The molecule has 3 aliphatic heterocycles. The number of morpholine rings is 1. The van der Waals surface area contributed by atoms with Gasteiger partial charge in [0.05, 0.1) is 18.9 Å². The Labute approximate surface area is 246 Å². The van der Waals surface area contributed by atoms with Crippen molar-refractivity contribution < 1.29 is 19.1 Å². The number of ketones is 1. The summed E-state index contributed by atoms with van der Waals surface area (Å²) >= 11 is 0. The summed E-state index contributed by atoms with van der Waals surface area (Å²) in [5, 5.41) is 6.73. The molecule has 3 heterocycles. The summed E-state index contributed by atoms with van der Waals surface area (Å²) < 4.78 is 11.4. The van der Waals surface area contributed by atoms with Crippen LogP contribution in [0.2, 0.25) is 0 Å². The Morgan fingerprint density at radius 2 is 1.48 bits per heavy atom. The molecule has 9 nitrogen and oxygen atoms in total. The van der Waals surface area contributed by atoms with E-state index in [9.17, 15) is 9.59 Å². The first-order valence-corrected chi connectivity index (χ1v) is 14.7. The number of Topliss-reactive ketones (excluding diaryl/α,β-unsaturated/α-hetero) is 1. The molecule has 9 heteroatoms. The summed E-state index contributed by atoms with van der Waals surface area (Å²) in [6.07, 6.45) is 2.88. The minimum atomic E-state index is -0.399. The number of nitrogens with zero attached hydrogens (tertiary/aromatic N) is 5. The lowest BCUT2D eigenvalue weighted by molar-refractivity contribution is -0.134. The van der Waals surface area contributed by atoms with E-state index in [2.05, 4.69) is 29.2 Å². The second kappa shape index (κ2) is 12.7. The fraction of sp³-hybridized carbons (Fsp3) is 0.364. The number of amidine groups is 1. The van der Waals surface area contributed by atoms with Crippen molar-refractivity contribution in [2.75, 3.05) is 60.8 Å². The first-order valence-electron chi connectivity index (χ1n) is 14.7. The van der Waals surface area contributed by atoms with E-state index in [-0.39, 0.29) is 18.3 Å². The highest BCUT2D eigenvalue weighted by atomic mass is 16.5. The molecule has 3 aromatic rings. The Bertz CT molecular complexity index is 1400. The third-order valence-electron chi connectivity index (χ3n) is 8.00. The number of rotatable bonds is 8. The molecular weight excluding hydrogens is 530 g/mol. The van der Waals surface area contributed by atoms with Gasteiger partial charge in [-0.25, -0.2) is 5.01 Å². The average Bonchev–Trinajstić information content (AvgIpc) is 3.46. The van der Waals surface area contributed by atoms with Gasteiger partial charge in [-0.05, 0) is 73.4 Å². The number of ether oxygens (including phenoxy) is 2. The van der Waals surface area contributed by atoms with Gasteiger partial charge in [0.1, 0.15) is 5.75 Å². The summed E-state index contributed by atoms with van der Waals surface area (Å²) in [7, 11) is 0. The molecule has 3 aromatic carbocycles. The van der Waals surface area contributed by atoms with Crippen molar-refractivity contribution in [3.63, 3.8) is 0 Å². The monoisotopic (exact) mass is 567 g/mol. The third-order valence-corrected chi connectivity index (χ3v) is 8.00. The molecule has 2 fully saturated rings. The van der Waals surface area contributed by atoms with Gasteiger partial charge in [0.25, 0.3) is 5.91 Å². The van der Waals surface area contributed by atoms with Gasteiger partial charge in [0.2, 0.25) is 0 Å². The summed E-state index contributed by atoms with van der Waals surface area (Å²) in [6.45, 7) is 6.33. The van der Waals surface area contributed by atoms with E-state index >= 15 is 0 Å². The highest BCUT2D eigenvalue weighted by molar-refractivity contribution is 6.44. The van der Waals surface area contributed by atoms with Crippen LogP contribution in [0.25, 0.3) is 0 Å². The Morgan fingerprint density at radius 1 is 0.810 bits per heavy atom. The number of likely N-dealkylation sites (tertiary alicyclic amines) is 1. The van der Waals surface area contributed by atoms with Crippen LogP contribution in [0.5, 0.6) is 5.75 Å².